The molecule has 1 atom stereocenters. The van der Waals surface area contributed by atoms with E-state index in [1.165, 1.54) is 0 Å². The van der Waals surface area contributed by atoms with Crippen molar-refractivity contribution in [1.29, 1.82) is 0 Å². The number of ether oxygens (including phenoxy) is 1. The molecule has 3 aliphatic heterocycles. The lowest BCUT2D eigenvalue weighted by Gasteiger charge is -2.38. The van der Waals surface area contributed by atoms with Crippen LogP contribution >= 0.6 is 0 Å². The van der Waals surface area contributed by atoms with Crippen LogP contribution in [-0.2, 0) is 14.3 Å². The van der Waals surface area contributed by atoms with E-state index in [2.05, 4.69) is 20.1 Å². The Kier molecular flexibility index (Phi) is 7.50. The Morgan fingerprint density at radius 1 is 1.00 bits per heavy atom. The van der Waals surface area contributed by atoms with Gasteiger partial charge in [-0.2, -0.15) is 0 Å². The van der Waals surface area contributed by atoms with Crippen LogP contribution in [0.25, 0.3) is 0 Å². The maximum Gasteiger partial charge on any atom is 0.251 e. The molecule has 0 spiro atoms. The Labute approximate surface area is 167 Å². The number of aliphatic imine (C=N–C) groups is 1. The van der Waals surface area contributed by atoms with Crippen LogP contribution in [0.5, 0.6) is 0 Å². The van der Waals surface area contributed by atoms with E-state index in [0.29, 0.717) is 19.7 Å². The second-order valence-corrected chi connectivity index (χ2v) is 7.64. The number of rotatable bonds is 4. The van der Waals surface area contributed by atoms with Crippen LogP contribution in [0.15, 0.2) is 4.99 Å². The number of nitrogens with zero attached hydrogens (tertiary/aromatic N) is 5. The van der Waals surface area contributed by atoms with Gasteiger partial charge < -0.3 is 24.8 Å². The molecular weight excluding hydrogens is 360 g/mol. The molecule has 2 amide bonds. The van der Waals surface area contributed by atoms with E-state index in [4.69, 9.17) is 4.74 Å². The van der Waals surface area contributed by atoms with E-state index in [9.17, 15) is 9.59 Å². The van der Waals surface area contributed by atoms with Crippen molar-refractivity contribution in [1.82, 2.24) is 24.9 Å². The first-order valence-electron chi connectivity index (χ1n) is 10.4. The molecule has 9 nitrogen and oxygen atoms in total. The standard InChI is InChI=1S/C19H34N6O3/c1-16(26)23-9-7-22(8-10-23)6-5-21-19(20-2)25-13-11-24(12-14-25)18(27)17-4-3-15-28-17/h17H,3-15H2,1-2H3,(H,20,21). The highest BCUT2D eigenvalue weighted by molar-refractivity contribution is 5.82. The van der Waals surface area contributed by atoms with Crippen LogP contribution in [-0.4, -0.2) is 123 Å². The summed E-state index contributed by atoms with van der Waals surface area (Å²) < 4.78 is 5.53. The summed E-state index contributed by atoms with van der Waals surface area (Å²) in [6, 6.07) is 0. The number of carbonyl (C=O) groups is 2. The predicted molar refractivity (Wildman–Crippen MR) is 107 cm³/mol. The first kappa shape index (κ1) is 20.9. The molecule has 1 unspecified atom stereocenters. The fraction of sp³-hybridized carbons (Fsp3) is 0.842. The molecule has 0 aromatic carbocycles. The van der Waals surface area contributed by atoms with Crippen LogP contribution in [0.2, 0.25) is 0 Å². The lowest BCUT2D eigenvalue weighted by atomic mass is 10.2. The quantitative estimate of drug-likeness (QED) is 0.489. The molecule has 0 aromatic rings. The van der Waals surface area contributed by atoms with Gasteiger partial charge in [-0.1, -0.05) is 0 Å². The lowest BCUT2D eigenvalue weighted by Crippen LogP contribution is -2.56. The van der Waals surface area contributed by atoms with Crippen molar-refractivity contribution >= 4 is 17.8 Å². The molecule has 3 saturated heterocycles. The third-order valence-corrected chi connectivity index (χ3v) is 5.84. The summed E-state index contributed by atoms with van der Waals surface area (Å²) in [6.07, 6.45) is 1.60. The number of nitrogens with one attached hydrogen (secondary N) is 1. The molecule has 9 heteroatoms. The summed E-state index contributed by atoms with van der Waals surface area (Å²) in [5, 5.41) is 3.45. The minimum atomic E-state index is -0.229. The van der Waals surface area contributed by atoms with Crippen molar-refractivity contribution in [2.75, 3.05) is 79.1 Å². The van der Waals surface area contributed by atoms with Crippen LogP contribution in [0, 0.1) is 0 Å². The van der Waals surface area contributed by atoms with Gasteiger partial charge in [-0.25, -0.2) is 0 Å². The van der Waals surface area contributed by atoms with Crippen molar-refractivity contribution in [2.24, 2.45) is 4.99 Å². The molecule has 0 aromatic heterocycles. The molecular formula is C19H34N6O3. The Bertz CT molecular complexity index is 562. The van der Waals surface area contributed by atoms with Gasteiger partial charge in [0.25, 0.3) is 5.91 Å². The third kappa shape index (κ3) is 5.35. The Morgan fingerprint density at radius 3 is 2.21 bits per heavy atom. The molecule has 3 fully saturated rings. The van der Waals surface area contributed by atoms with Gasteiger partial charge in [0, 0.05) is 86.0 Å². The maximum absolute atomic E-state index is 12.5. The minimum Gasteiger partial charge on any atom is -0.368 e. The fourth-order valence-electron chi connectivity index (χ4n) is 4.06. The highest BCUT2D eigenvalue weighted by Crippen LogP contribution is 2.16. The van der Waals surface area contributed by atoms with Crippen LogP contribution < -0.4 is 5.32 Å². The van der Waals surface area contributed by atoms with Gasteiger partial charge in [0.15, 0.2) is 5.96 Å². The van der Waals surface area contributed by atoms with E-state index in [1.54, 1.807) is 14.0 Å². The van der Waals surface area contributed by atoms with E-state index < -0.39 is 0 Å². The van der Waals surface area contributed by atoms with Gasteiger partial charge in [-0.15, -0.1) is 0 Å². The van der Waals surface area contributed by atoms with Gasteiger partial charge in [-0.3, -0.25) is 19.5 Å². The third-order valence-electron chi connectivity index (χ3n) is 5.84. The van der Waals surface area contributed by atoms with Crippen LogP contribution in [0.1, 0.15) is 19.8 Å². The summed E-state index contributed by atoms with van der Waals surface area (Å²) in [6.45, 7) is 10.6. The molecule has 0 radical (unpaired) electrons. The molecule has 1 N–H and O–H groups in total. The highest BCUT2D eigenvalue weighted by Gasteiger charge is 2.30. The number of amides is 2. The number of guanidine groups is 1. The van der Waals surface area contributed by atoms with Gasteiger partial charge in [-0.05, 0) is 12.8 Å². The predicted octanol–water partition coefficient (Wildman–Crippen LogP) is -0.951. The summed E-state index contributed by atoms with van der Waals surface area (Å²) >= 11 is 0. The zero-order valence-corrected chi connectivity index (χ0v) is 17.2. The first-order chi connectivity index (χ1) is 13.6. The van der Waals surface area contributed by atoms with Crippen molar-refractivity contribution in [3.05, 3.63) is 0 Å². The van der Waals surface area contributed by atoms with Gasteiger partial charge >= 0.3 is 0 Å². The molecule has 3 rings (SSSR count). The number of carbonyl (C=O) groups excluding carboxylic acids is 2. The summed E-state index contributed by atoms with van der Waals surface area (Å²) in [5.41, 5.74) is 0. The van der Waals surface area contributed by atoms with E-state index in [1.807, 2.05) is 9.80 Å². The largest absolute Gasteiger partial charge is 0.368 e. The average molecular weight is 395 g/mol. The van der Waals surface area contributed by atoms with Crippen LogP contribution in [0.4, 0.5) is 0 Å². The average Bonchev–Trinajstić information content (AvgIpc) is 3.26. The maximum atomic E-state index is 12.5. The second kappa shape index (κ2) is 10.1. The van der Waals surface area contributed by atoms with Crippen molar-refractivity contribution in [3.8, 4) is 0 Å². The minimum absolute atomic E-state index is 0.143. The van der Waals surface area contributed by atoms with Crippen molar-refractivity contribution < 1.29 is 14.3 Å². The molecule has 158 valence electrons. The molecule has 0 bridgehead atoms. The van der Waals surface area contributed by atoms with Gasteiger partial charge in [0.1, 0.15) is 6.10 Å². The Hall–Kier alpha value is -1.87. The highest BCUT2D eigenvalue weighted by atomic mass is 16.5. The monoisotopic (exact) mass is 394 g/mol. The summed E-state index contributed by atoms with van der Waals surface area (Å²) in [5.74, 6) is 1.20. The summed E-state index contributed by atoms with van der Waals surface area (Å²) in [4.78, 5) is 36.7. The lowest BCUT2D eigenvalue weighted by molar-refractivity contribution is -0.142. The first-order valence-corrected chi connectivity index (χ1v) is 10.4. The smallest absolute Gasteiger partial charge is 0.251 e. The molecule has 3 heterocycles. The number of hydrogen-bond donors (Lipinski definition) is 1. The van der Waals surface area contributed by atoms with E-state index in [-0.39, 0.29) is 17.9 Å². The molecule has 0 aliphatic carbocycles. The summed E-state index contributed by atoms with van der Waals surface area (Å²) in [7, 11) is 1.80. The molecule has 0 saturated carbocycles. The van der Waals surface area contributed by atoms with Gasteiger partial charge in [0.2, 0.25) is 5.91 Å². The number of hydrogen-bond acceptors (Lipinski definition) is 5. The normalized spacial score (nSPS) is 24.6. The zero-order chi connectivity index (χ0) is 19.9. The van der Waals surface area contributed by atoms with Crippen LogP contribution in [0.3, 0.4) is 0 Å². The van der Waals surface area contributed by atoms with Crippen molar-refractivity contribution in [3.63, 3.8) is 0 Å². The van der Waals surface area contributed by atoms with Crippen molar-refractivity contribution in [2.45, 2.75) is 25.9 Å². The number of piperazine rings is 2. The Balaban J connectivity index is 1.36. The second-order valence-electron chi connectivity index (χ2n) is 7.64. The zero-order valence-electron chi connectivity index (χ0n) is 17.2. The topological polar surface area (TPSA) is 80.7 Å². The van der Waals surface area contributed by atoms with Gasteiger partial charge in [0.05, 0.1) is 0 Å². The van der Waals surface area contributed by atoms with E-state index in [0.717, 1.165) is 71.2 Å². The SMILES string of the molecule is CN=C(NCCN1CCN(C(C)=O)CC1)N1CCN(C(=O)C2CCCO2)CC1. The molecule has 28 heavy (non-hydrogen) atoms. The van der Waals surface area contributed by atoms with E-state index >= 15 is 0 Å². The fourth-order valence-corrected chi connectivity index (χ4v) is 4.06. The Morgan fingerprint density at radius 2 is 1.64 bits per heavy atom. The molecule has 3 aliphatic rings.